The number of carbonyl (C=O) groups is 2. The van der Waals surface area contributed by atoms with Crippen LogP contribution in [-0.4, -0.2) is 37.4 Å². The molecule has 0 radical (unpaired) electrons. The Hall–Kier alpha value is -2.75. The van der Waals surface area contributed by atoms with Crippen molar-refractivity contribution in [3.63, 3.8) is 0 Å². The molecular formula is C27H29NO4S. The van der Waals surface area contributed by atoms with Crippen LogP contribution in [0.15, 0.2) is 47.4 Å². The van der Waals surface area contributed by atoms with E-state index in [0.29, 0.717) is 38.8 Å². The molecule has 1 saturated heterocycles. The van der Waals surface area contributed by atoms with Crippen LogP contribution >= 0.6 is 0 Å². The van der Waals surface area contributed by atoms with E-state index in [1.165, 1.54) is 4.31 Å². The zero-order valence-corrected chi connectivity index (χ0v) is 20.2. The summed E-state index contributed by atoms with van der Waals surface area (Å²) < 4.78 is 27.4. The van der Waals surface area contributed by atoms with E-state index < -0.39 is 21.4 Å². The van der Waals surface area contributed by atoms with Crippen molar-refractivity contribution < 1.29 is 18.0 Å². The van der Waals surface area contributed by atoms with Gasteiger partial charge in [-0.05, 0) is 80.0 Å². The summed E-state index contributed by atoms with van der Waals surface area (Å²) in [5.74, 6) is 5.10. The molecule has 33 heavy (non-hydrogen) atoms. The average Bonchev–Trinajstić information content (AvgIpc) is 2.76. The van der Waals surface area contributed by atoms with Gasteiger partial charge in [-0.25, -0.2) is 8.42 Å². The first kappa shape index (κ1) is 23.4. The molecule has 5 nitrogen and oxygen atoms in total. The summed E-state index contributed by atoms with van der Waals surface area (Å²) in [5.41, 5.74) is 3.09. The molecule has 0 amide bonds. The molecule has 6 heteroatoms. The van der Waals surface area contributed by atoms with E-state index >= 15 is 0 Å². The van der Waals surface area contributed by atoms with Crippen molar-refractivity contribution in [2.75, 3.05) is 13.1 Å². The molecule has 2 aromatic carbocycles. The molecule has 1 aliphatic heterocycles. The molecule has 1 spiro atoms. The summed E-state index contributed by atoms with van der Waals surface area (Å²) in [6, 6.07) is 12.3. The summed E-state index contributed by atoms with van der Waals surface area (Å²) >= 11 is 0. The Bertz CT molecular complexity index is 1220. The minimum Gasteiger partial charge on any atom is -0.299 e. The molecule has 2 aromatic rings. The second-order valence-electron chi connectivity index (χ2n) is 9.34. The van der Waals surface area contributed by atoms with Gasteiger partial charge in [0.15, 0.2) is 0 Å². The fourth-order valence-corrected chi connectivity index (χ4v) is 6.91. The molecule has 0 unspecified atom stereocenters. The number of hydrogen-bond donors (Lipinski definition) is 0. The van der Waals surface area contributed by atoms with Crippen LogP contribution in [0.5, 0.6) is 0 Å². The van der Waals surface area contributed by atoms with Crippen LogP contribution in [0.2, 0.25) is 0 Å². The van der Waals surface area contributed by atoms with Gasteiger partial charge in [-0.3, -0.25) is 9.59 Å². The highest BCUT2D eigenvalue weighted by molar-refractivity contribution is 7.89. The van der Waals surface area contributed by atoms with E-state index in [4.69, 9.17) is 0 Å². The van der Waals surface area contributed by atoms with Crippen LogP contribution in [0.3, 0.4) is 0 Å². The molecule has 172 valence electrons. The third kappa shape index (κ3) is 4.40. The number of carbonyl (C=O) groups excluding carboxylic acids is 2. The predicted molar refractivity (Wildman–Crippen MR) is 127 cm³/mol. The largest absolute Gasteiger partial charge is 0.299 e. The Morgan fingerprint density at radius 2 is 1.48 bits per heavy atom. The van der Waals surface area contributed by atoms with Crippen molar-refractivity contribution in [3.05, 3.63) is 64.7 Å². The molecule has 0 aromatic heterocycles. The normalized spacial score (nSPS) is 19.4. The summed E-state index contributed by atoms with van der Waals surface area (Å²) in [6.45, 7) is 6.29. The highest BCUT2D eigenvalue weighted by atomic mass is 32.2. The van der Waals surface area contributed by atoms with Crippen LogP contribution in [-0.2, 0) is 19.6 Å². The number of piperidine rings is 1. The first-order valence-electron chi connectivity index (χ1n) is 11.3. The third-order valence-corrected chi connectivity index (χ3v) is 8.97. The maximum Gasteiger partial charge on any atom is 0.243 e. The lowest BCUT2D eigenvalue weighted by atomic mass is 9.63. The average molecular weight is 464 g/mol. The molecule has 1 saturated carbocycles. The summed E-state index contributed by atoms with van der Waals surface area (Å²) in [4.78, 5) is 26.9. The molecule has 0 atom stereocenters. The number of aryl methyl sites for hydroxylation is 2. The zero-order chi connectivity index (χ0) is 23.8. The smallest absolute Gasteiger partial charge is 0.243 e. The first-order valence-corrected chi connectivity index (χ1v) is 12.8. The van der Waals surface area contributed by atoms with Crippen molar-refractivity contribution in [3.8, 4) is 11.8 Å². The van der Waals surface area contributed by atoms with Crippen molar-refractivity contribution in [2.24, 2.45) is 5.41 Å². The standard InChI is InChI=1S/C27H29NO4S/c1-4-8-21-15-19(2)25(20(3)16-21)26-23(29)17-27(18-24(26)30)11-13-28(14-12-27)33(31,32)22-9-6-5-7-10-22/h5-7,9-10,15-16,26H,11-14,17-18H2,1-3H3. The lowest BCUT2D eigenvalue weighted by Crippen LogP contribution is -2.48. The Balaban J connectivity index is 1.52. The highest BCUT2D eigenvalue weighted by Gasteiger charge is 2.48. The van der Waals surface area contributed by atoms with Crippen molar-refractivity contribution in [2.45, 2.75) is 57.3 Å². The third-order valence-electron chi connectivity index (χ3n) is 7.06. The minimum atomic E-state index is -3.57. The molecule has 2 aliphatic rings. The summed E-state index contributed by atoms with van der Waals surface area (Å²) in [7, 11) is -3.57. The molecule has 1 aliphatic carbocycles. The number of rotatable bonds is 3. The summed E-state index contributed by atoms with van der Waals surface area (Å²) in [6.07, 6.45) is 1.68. The van der Waals surface area contributed by atoms with E-state index in [1.807, 2.05) is 26.0 Å². The van der Waals surface area contributed by atoms with E-state index in [9.17, 15) is 18.0 Å². The fraction of sp³-hybridized carbons (Fsp3) is 0.407. The summed E-state index contributed by atoms with van der Waals surface area (Å²) in [5, 5.41) is 0. The number of ketones is 2. The van der Waals surface area contributed by atoms with E-state index in [2.05, 4.69) is 11.8 Å². The molecule has 1 heterocycles. The number of Topliss-reactive ketones (excluding diaryl/α,β-unsaturated/α-hetero) is 2. The van der Waals surface area contributed by atoms with Gasteiger partial charge < -0.3 is 0 Å². The quantitative estimate of drug-likeness (QED) is 0.506. The highest BCUT2D eigenvalue weighted by Crippen LogP contribution is 2.47. The first-order chi connectivity index (χ1) is 15.7. The minimum absolute atomic E-state index is 0.0499. The number of hydrogen-bond acceptors (Lipinski definition) is 4. The Labute approximate surface area is 196 Å². The van der Waals surface area contributed by atoms with Crippen molar-refractivity contribution >= 4 is 21.6 Å². The van der Waals surface area contributed by atoms with Gasteiger partial charge >= 0.3 is 0 Å². The fourth-order valence-electron chi connectivity index (χ4n) is 5.45. The van der Waals surface area contributed by atoms with Gasteiger partial charge in [0.25, 0.3) is 0 Å². The second-order valence-corrected chi connectivity index (χ2v) is 11.3. The number of sulfonamides is 1. The molecule has 0 bridgehead atoms. The van der Waals surface area contributed by atoms with E-state index in [0.717, 1.165) is 22.3 Å². The predicted octanol–water partition coefficient (Wildman–Crippen LogP) is 4.16. The van der Waals surface area contributed by atoms with E-state index in [1.54, 1.807) is 37.3 Å². The monoisotopic (exact) mass is 463 g/mol. The topological polar surface area (TPSA) is 71.5 Å². The van der Waals surface area contributed by atoms with Crippen LogP contribution < -0.4 is 0 Å². The van der Waals surface area contributed by atoms with Gasteiger partial charge in [0.1, 0.15) is 17.5 Å². The SMILES string of the molecule is CC#Cc1cc(C)c(C2C(=O)CC3(CCN(S(=O)(=O)c4ccccc4)CC3)CC2=O)c(C)c1. The lowest BCUT2D eigenvalue weighted by Gasteiger charge is -2.44. The number of benzene rings is 2. The maximum absolute atomic E-state index is 13.3. The Morgan fingerprint density at radius 1 is 0.939 bits per heavy atom. The van der Waals surface area contributed by atoms with E-state index in [-0.39, 0.29) is 16.5 Å². The molecule has 2 fully saturated rings. The maximum atomic E-state index is 13.3. The van der Waals surface area contributed by atoms with Crippen molar-refractivity contribution in [1.82, 2.24) is 4.31 Å². The van der Waals surface area contributed by atoms with Crippen LogP contribution in [0.1, 0.15) is 60.8 Å². The van der Waals surface area contributed by atoms with Crippen LogP contribution in [0, 0.1) is 31.1 Å². The second kappa shape index (κ2) is 8.89. The lowest BCUT2D eigenvalue weighted by molar-refractivity contribution is -0.138. The van der Waals surface area contributed by atoms with Gasteiger partial charge in [0.05, 0.1) is 4.90 Å². The van der Waals surface area contributed by atoms with Crippen LogP contribution in [0.25, 0.3) is 0 Å². The molecular weight excluding hydrogens is 434 g/mol. The Kier molecular flexibility index (Phi) is 6.30. The Morgan fingerprint density at radius 3 is 2.00 bits per heavy atom. The van der Waals surface area contributed by atoms with Gasteiger partial charge in [0.2, 0.25) is 10.0 Å². The van der Waals surface area contributed by atoms with Gasteiger partial charge in [-0.2, -0.15) is 4.31 Å². The van der Waals surface area contributed by atoms with Gasteiger partial charge in [-0.15, -0.1) is 5.92 Å². The molecule has 4 rings (SSSR count). The zero-order valence-electron chi connectivity index (χ0n) is 19.3. The van der Waals surface area contributed by atoms with Gasteiger partial charge in [0, 0.05) is 31.5 Å². The van der Waals surface area contributed by atoms with Crippen molar-refractivity contribution in [1.29, 1.82) is 0 Å². The molecule has 0 N–H and O–H groups in total. The van der Waals surface area contributed by atoms with Crippen LogP contribution in [0.4, 0.5) is 0 Å². The number of nitrogens with zero attached hydrogens (tertiary/aromatic N) is 1. The van der Waals surface area contributed by atoms with Gasteiger partial charge in [-0.1, -0.05) is 24.1 Å².